The largest absolute Gasteiger partial charge is 0.196 e. The fraction of sp³-hybridized carbons (Fsp3) is 0.160. The molecule has 0 saturated heterocycles. The predicted octanol–water partition coefficient (Wildman–Crippen LogP) is 7.57. The lowest BCUT2D eigenvalue weighted by Crippen LogP contribution is -2.11. The van der Waals surface area contributed by atoms with E-state index in [2.05, 4.69) is 93.6 Å². The summed E-state index contributed by atoms with van der Waals surface area (Å²) in [6, 6.07) is 26.3. The molecule has 4 aromatic carbocycles. The number of nitrogens with zero attached hydrogens (tertiary/aromatic N) is 1. The van der Waals surface area contributed by atoms with E-state index in [1.807, 2.05) is 0 Å². The molecule has 0 aliphatic carbocycles. The Labute approximate surface area is 163 Å². The van der Waals surface area contributed by atoms with Gasteiger partial charge in [-0.2, -0.15) is 4.37 Å². The SMILES string of the molecule is CC(C)(C)c1nsc2ccc3ccc4ccc(-c5ccccc5)cc4c3c12. The standard InChI is InChI=1S/C25H21NS/c1-25(2,3)24-23-21(27-26-24)14-13-18-11-9-17-10-12-19(15-20(17)22(18)23)16-7-5-4-6-8-16/h4-15H,1-3H3. The van der Waals surface area contributed by atoms with Gasteiger partial charge in [0, 0.05) is 16.2 Å². The van der Waals surface area contributed by atoms with Gasteiger partial charge in [-0.15, -0.1) is 0 Å². The van der Waals surface area contributed by atoms with Crippen molar-refractivity contribution in [3.63, 3.8) is 0 Å². The van der Waals surface area contributed by atoms with Crippen LogP contribution >= 0.6 is 11.5 Å². The molecule has 0 fully saturated rings. The van der Waals surface area contributed by atoms with Crippen molar-refractivity contribution in [1.82, 2.24) is 4.37 Å². The molecule has 0 aliphatic rings. The van der Waals surface area contributed by atoms with Gasteiger partial charge >= 0.3 is 0 Å². The van der Waals surface area contributed by atoms with Crippen molar-refractivity contribution >= 4 is 43.2 Å². The Hall–Kier alpha value is -2.71. The highest BCUT2D eigenvalue weighted by Crippen LogP contribution is 2.40. The zero-order valence-electron chi connectivity index (χ0n) is 15.8. The number of hydrogen-bond donors (Lipinski definition) is 0. The molecular formula is C25H21NS. The summed E-state index contributed by atoms with van der Waals surface area (Å²) in [5, 5.41) is 6.53. The molecule has 0 unspecified atom stereocenters. The summed E-state index contributed by atoms with van der Waals surface area (Å²) in [5.41, 5.74) is 3.73. The topological polar surface area (TPSA) is 12.9 Å². The van der Waals surface area contributed by atoms with Crippen molar-refractivity contribution in [2.75, 3.05) is 0 Å². The van der Waals surface area contributed by atoms with Crippen LogP contribution in [0.5, 0.6) is 0 Å². The van der Waals surface area contributed by atoms with Gasteiger partial charge in [-0.25, -0.2) is 0 Å². The number of rotatable bonds is 1. The third kappa shape index (κ3) is 2.64. The highest BCUT2D eigenvalue weighted by atomic mass is 32.1. The van der Waals surface area contributed by atoms with Crippen LogP contribution in [0, 0.1) is 0 Å². The van der Waals surface area contributed by atoms with E-state index in [1.54, 1.807) is 11.5 Å². The minimum atomic E-state index is 0.0196. The third-order valence-corrected chi connectivity index (χ3v) is 6.06. The van der Waals surface area contributed by atoms with Crippen LogP contribution < -0.4 is 0 Å². The van der Waals surface area contributed by atoms with Crippen molar-refractivity contribution < 1.29 is 0 Å². The summed E-state index contributed by atoms with van der Waals surface area (Å²) in [7, 11) is 0. The van der Waals surface area contributed by atoms with Crippen LogP contribution in [-0.2, 0) is 5.41 Å². The van der Waals surface area contributed by atoms with E-state index in [-0.39, 0.29) is 5.41 Å². The first-order valence-corrected chi connectivity index (χ1v) is 10.1. The second-order valence-electron chi connectivity index (χ2n) is 8.19. The van der Waals surface area contributed by atoms with Crippen LogP contribution in [0.25, 0.3) is 42.8 Å². The van der Waals surface area contributed by atoms with E-state index in [0.29, 0.717) is 0 Å². The zero-order chi connectivity index (χ0) is 18.6. The van der Waals surface area contributed by atoms with Gasteiger partial charge in [-0.3, -0.25) is 0 Å². The summed E-state index contributed by atoms with van der Waals surface area (Å²) < 4.78 is 6.11. The van der Waals surface area contributed by atoms with Gasteiger partial charge in [0.15, 0.2) is 0 Å². The van der Waals surface area contributed by atoms with Crippen LogP contribution in [0.2, 0.25) is 0 Å². The van der Waals surface area contributed by atoms with Gasteiger partial charge in [-0.05, 0) is 51.0 Å². The molecular weight excluding hydrogens is 346 g/mol. The lowest BCUT2D eigenvalue weighted by molar-refractivity contribution is 0.582. The average Bonchev–Trinajstić information content (AvgIpc) is 3.12. The van der Waals surface area contributed by atoms with Gasteiger partial charge in [0.25, 0.3) is 0 Å². The third-order valence-electron chi connectivity index (χ3n) is 5.25. The molecule has 1 heterocycles. The molecule has 5 aromatic rings. The molecule has 5 rings (SSSR count). The summed E-state index contributed by atoms with van der Waals surface area (Å²) in [6.45, 7) is 6.75. The van der Waals surface area contributed by atoms with Crippen LogP contribution in [0.15, 0.2) is 72.8 Å². The molecule has 0 atom stereocenters. The second kappa shape index (κ2) is 5.90. The second-order valence-corrected chi connectivity index (χ2v) is 8.99. The van der Waals surface area contributed by atoms with E-state index in [1.165, 1.54) is 48.5 Å². The van der Waals surface area contributed by atoms with Gasteiger partial charge in [-0.1, -0.05) is 81.4 Å². The molecule has 2 heteroatoms. The molecule has 0 N–H and O–H groups in total. The van der Waals surface area contributed by atoms with Crippen LogP contribution in [-0.4, -0.2) is 4.37 Å². The molecule has 1 aromatic heterocycles. The molecule has 132 valence electrons. The number of fused-ring (bicyclic) bond motifs is 5. The van der Waals surface area contributed by atoms with Crippen LogP contribution in [0.1, 0.15) is 26.5 Å². The van der Waals surface area contributed by atoms with Gasteiger partial charge in [0.2, 0.25) is 0 Å². The monoisotopic (exact) mass is 367 g/mol. The smallest absolute Gasteiger partial charge is 0.0680 e. The highest BCUT2D eigenvalue weighted by Gasteiger charge is 2.22. The maximum atomic E-state index is 4.85. The normalized spacial score (nSPS) is 12.3. The summed E-state index contributed by atoms with van der Waals surface area (Å²) >= 11 is 1.61. The molecule has 0 spiro atoms. The number of aromatic nitrogens is 1. The summed E-state index contributed by atoms with van der Waals surface area (Å²) in [5.74, 6) is 0. The highest BCUT2D eigenvalue weighted by molar-refractivity contribution is 7.13. The Morgan fingerprint density at radius 2 is 1.41 bits per heavy atom. The van der Waals surface area contributed by atoms with Crippen molar-refractivity contribution in [3.05, 3.63) is 78.5 Å². The number of benzene rings is 4. The predicted molar refractivity (Wildman–Crippen MR) is 119 cm³/mol. The minimum absolute atomic E-state index is 0.0196. The fourth-order valence-corrected chi connectivity index (χ4v) is 4.87. The fourth-order valence-electron chi connectivity index (χ4n) is 3.90. The Balaban J connectivity index is 1.94. The molecule has 0 radical (unpaired) electrons. The molecule has 0 bridgehead atoms. The lowest BCUT2D eigenvalue weighted by atomic mass is 9.87. The van der Waals surface area contributed by atoms with Gasteiger partial charge < -0.3 is 0 Å². The maximum absolute atomic E-state index is 4.85. The van der Waals surface area contributed by atoms with Gasteiger partial charge in [0.1, 0.15) is 0 Å². The van der Waals surface area contributed by atoms with Crippen molar-refractivity contribution in [2.45, 2.75) is 26.2 Å². The maximum Gasteiger partial charge on any atom is 0.0680 e. The van der Waals surface area contributed by atoms with Crippen LogP contribution in [0.3, 0.4) is 0 Å². The molecule has 1 nitrogen and oxygen atoms in total. The van der Waals surface area contributed by atoms with E-state index < -0.39 is 0 Å². The lowest BCUT2D eigenvalue weighted by Gasteiger charge is -2.17. The molecule has 27 heavy (non-hydrogen) atoms. The first-order chi connectivity index (χ1) is 13.0. The Morgan fingerprint density at radius 1 is 0.704 bits per heavy atom. The first kappa shape index (κ1) is 16.5. The Kier molecular flexibility index (Phi) is 3.60. The van der Waals surface area contributed by atoms with E-state index in [0.717, 1.165) is 0 Å². The quantitative estimate of drug-likeness (QED) is 0.278. The van der Waals surface area contributed by atoms with Crippen molar-refractivity contribution in [1.29, 1.82) is 0 Å². The average molecular weight is 368 g/mol. The van der Waals surface area contributed by atoms with Crippen molar-refractivity contribution in [3.8, 4) is 11.1 Å². The number of hydrogen-bond acceptors (Lipinski definition) is 2. The minimum Gasteiger partial charge on any atom is -0.196 e. The van der Waals surface area contributed by atoms with Crippen molar-refractivity contribution in [2.24, 2.45) is 0 Å². The molecule has 0 amide bonds. The Bertz CT molecular complexity index is 1290. The Morgan fingerprint density at radius 3 is 2.19 bits per heavy atom. The van der Waals surface area contributed by atoms with E-state index in [9.17, 15) is 0 Å². The van der Waals surface area contributed by atoms with Crippen LogP contribution in [0.4, 0.5) is 0 Å². The molecule has 0 saturated carbocycles. The summed E-state index contributed by atoms with van der Waals surface area (Å²) in [6.07, 6.45) is 0. The van der Waals surface area contributed by atoms with Gasteiger partial charge in [0.05, 0.1) is 10.4 Å². The summed E-state index contributed by atoms with van der Waals surface area (Å²) in [4.78, 5) is 0. The molecule has 0 aliphatic heterocycles. The van der Waals surface area contributed by atoms with E-state index >= 15 is 0 Å². The van der Waals surface area contributed by atoms with E-state index in [4.69, 9.17) is 4.37 Å². The zero-order valence-corrected chi connectivity index (χ0v) is 16.6. The first-order valence-electron chi connectivity index (χ1n) is 9.33.